The fraction of sp³-hybridized carbons (Fsp3) is 0. The van der Waals surface area contributed by atoms with Crippen molar-refractivity contribution < 1.29 is 8.78 Å². The molecule has 5 aromatic carbocycles. The lowest BCUT2D eigenvalue weighted by Gasteiger charge is -2.12. The fourth-order valence-corrected chi connectivity index (χ4v) is 5.67. The third-order valence-electron chi connectivity index (χ3n) is 7.13. The van der Waals surface area contributed by atoms with Crippen LogP contribution >= 0.6 is 0 Å². The molecule has 2 heterocycles. The zero-order valence-corrected chi connectivity index (χ0v) is 19.8. The van der Waals surface area contributed by atoms with Gasteiger partial charge in [0.25, 0.3) is 0 Å². The van der Waals surface area contributed by atoms with Gasteiger partial charge in [-0.25, -0.2) is 8.78 Å². The Morgan fingerprint density at radius 1 is 0.474 bits per heavy atom. The van der Waals surface area contributed by atoms with Crippen LogP contribution in [0.3, 0.4) is 0 Å². The van der Waals surface area contributed by atoms with Crippen molar-refractivity contribution >= 4 is 43.6 Å². The van der Waals surface area contributed by atoms with E-state index in [2.05, 4.69) is 12.1 Å². The minimum absolute atomic E-state index is 0.136. The van der Waals surface area contributed by atoms with Gasteiger partial charge in [-0.1, -0.05) is 48.5 Å². The summed E-state index contributed by atoms with van der Waals surface area (Å²) in [4.78, 5) is 0. The van der Waals surface area contributed by atoms with E-state index in [1.165, 1.54) is 18.2 Å². The van der Waals surface area contributed by atoms with Gasteiger partial charge in [-0.05, 0) is 48.5 Å². The molecule has 0 bridgehead atoms. The van der Waals surface area contributed by atoms with Crippen molar-refractivity contribution in [1.82, 2.24) is 9.13 Å². The molecule has 0 atom stereocenters. The van der Waals surface area contributed by atoms with Crippen LogP contribution in [0.5, 0.6) is 0 Å². The molecule has 38 heavy (non-hydrogen) atoms. The number of aromatic nitrogens is 2. The summed E-state index contributed by atoms with van der Waals surface area (Å²) in [6.45, 7) is 0. The Hall–Kier alpha value is -5.46. The van der Waals surface area contributed by atoms with Crippen molar-refractivity contribution in [3.8, 4) is 23.5 Å². The van der Waals surface area contributed by atoms with E-state index in [1.807, 2.05) is 65.2 Å². The molecule has 178 valence electrons. The molecular formula is C32H16F2N4. The zero-order chi connectivity index (χ0) is 26.0. The van der Waals surface area contributed by atoms with E-state index in [1.54, 1.807) is 22.8 Å². The van der Waals surface area contributed by atoms with E-state index in [9.17, 15) is 10.5 Å². The van der Waals surface area contributed by atoms with Crippen LogP contribution < -0.4 is 0 Å². The highest BCUT2D eigenvalue weighted by atomic mass is 19.1. The van der Waals surface area contributed by atoms with Gasteiger partial charge in [0, 0.05) is 21.5 Å². The Morgan fingerprint density at radius 2 is 0.921 bits per heavy atom. The molecule has 0 N–H and O–H groups in total. The highest BCUT2D eigenvalue weighted by Crippen LogP contribution is 2.43. The average molecular weight is 495 g/mol. The summed E-state index contributed by atoms with van der Waals surface area (Å²) >= 11 is 0. The molecule has 0 spiro atoms. The normalized spacial score (nSPS) is 11.4. The summed E-state index contributed by atoms with van der Waals surface area (Å²) in [5.41, 5.74) is 4.06. The molecule has 0 unspecified atom stereocenters. The van der Waals surface area contributed by atoms with Crippen LogP contribution in [0.4, 0.5) is 8.78 Å². The van der Waals surface area contributed by atoms with Gasteiger partial charge in [0.15, 0.2) is 0 Å². The molecule has 0 amide bonds. The largest absolute Gasteiger partial charge is 0.307 e. The van der Waals surface area contributed by atoms with Crippen LogP contribution in [0.15, 0.2) is 97.1 Å². The molecule has 4 nitrogen and oxygen atoms in total. The maximum atomic E-state index is 15.1. The Morgan fingerprint density at radius 3 is 1.42 bits per heavy atom. The van der Waals surface area contributed by atoms with Gasteiger partial charge in [0.1, 0.15) is 29.5 Å². The van der Waals surface area contributed by atoms with Crippen molar-refractivity contribution in [2.75, 3.05) is 0 Å². The van der Waals surface area contributed by atoms with Crippen LogP contribution in [0.2, 0.25) is 0 Å². The lowest BCUT2D eigenvalue weighted by atomic mass is 10.1. The lowest BCUT2D eigenvalue weighted by molar-refractivity contribution is 0.573. The molecule has 2 aromatic heterocycles. The first-order valence-electron chi connectivity index (χ1n) is 12.0. The van der Waals surface area contributed by atoms with Gasteiger partial charge >= 0.3 is 0 Å². The van der Waals surface area contributed by atoms with Crippen LogP contribution in [0.1, 0.15) is 11.1 Å². The second kappa shape index (κ2) is 8.03. The molecule has 0 fully saturated rings. The molecular weight excluding hydrogens is 478 g/mol. The quantitative estimate of drug-likeness (QED) is 0.245. The number of para-hydroxylation sites is 4. The van der Waals surface area contributed by atoms with E-state index in [4.69, 9.17) is 0 Å². The van der Waals surface area contributed by atoms with Crippen LogP contribution in [-0.2, 0) is 0 Å². The SMILES string of the molecule is N#Cc1cccc(C#N)c1-n1c2ccccc2c2c3c4ccccc4n(-c4c(F)cccc4F)c3ccc21. The summed E-state index contributed by atoms with van der Waals surface area (Å²) < 4.78 is 33.8. The second-order valence-corrected chi connectivity index (χ2v) is 9.05. The molecule has 0 saturated heterocycles. The van der Waals surface area contributed by atoms with E-state index >= 15 is 8.78 Å². The number of hydrogen-bond donors (Lipinski definition) is 0. The molecule has 0 radical (unpaired) electrons. The first kappa shape index (κ1) is 21.8. The van der Waals surface area contributed by atoms with Gasteiger partial charge in [-0.15, -0.1) is 0 Å². The molecule has 7 aromatic rings. The minimum Gasteiger partial charge on any atom is -0.307 e. The van der Waals surface area contributed by atoms with Crippen molar-refractivity contribution in [2.24, 2.45) is 0 Å². The standard InChI is InChI=1S/C32H16F2N4/c33-23-11-6-12-24(34)32(23)38-26-14-4-2-10-22(26)30-28(38)16-15-27-29(30)21-9-1-3-13-25(21)37(27)31-19(17-35)7-5-8-20(31)18-36/h1-16H. The monoisotopic (exact) mass is 494 g/mol. The summed E-state index contributed by atoms with van der Waals surface area (Å²) in [7, 11) is 0. The Balaban J connectivity index is 1.75. The van der Waals surface area contributed by atoms with Crippen LogP contribution in [0, 0.1) is 34.3 Å². The first-order valence-corrected chi connectivity index (χ1v) is 12.0. The van der Waals surface area contributed by atoms with Gasteiger partial charge in [0.05, 0.1) is 38.9 Å². The van der Waals surface area contributed by atoms with E-state index in [-0.39, 0.29) is 5.69 Å². The van der Waals surface area contributed by atoms with Gasteiger partial charge < -0.3 is 9.13 Å². The smallest absolute Gasteiger partial charge is 0.150 e. The Bertz CT molecular complexity index is 2140. The maximum absolute atomic E-state index is 15.1. The predicted octanol–water partition coefficient (Wildman–Crippen LogP) is 7.90. The second-order valence-electron chi connectivity index (χ2n) is 9.05. The van der Waals surface area contributed by atoms with Gasteiger partial charge in [-0.2, -0.15) is 10.5 Å². The third-order valence-corrected chi connectivity index (χ3v) is 7.13. The summed E-state index contributed by atoms with van der Waals surface area (Å²) in [6.07, 6.45) is 0. The highest BCUT2D eigenvalue weighted by Gasteiger charge is 2.24. The number of benzene rings is 5. The minimum atomic E-state index is -0.656. The van der Waals surface area contributed by atoms with Crippen LogP contribution in [-0.4, -0.2) is 9.13 Å². The third kappa shape index (κ3) is 2.80. The molecule has 0 saturated carbocycles. The first-order chi connectivity index (χ1) is 18.6. The number of fused-ring (bicyclic) bond motifs is 7. The molecule has 0 aliphatic rings. The summed E-state index contributed by atoms with van der Waals surface area (Å²) in [5, 5.41) is 23.3. The number of hydrogen-bond acceptors (Lipinski definition) is 2. The van der Waals surface area contributed by atoms with Crippen molar-refractivity contribution in [3.05, 3.63) is 120 Å². The summed E-state index contributed by atoms with van der Waals surface area (Å²) in [5.74, 6) is -1.31. The van der Waals surface area contributed by atoms with Crippen molar-refractivity contribution in [3.63, 3.8) is 0 Å². The Labute approximate surface area is 215 Å². The molecule has 0 aliphatic carbocycles. The predicted molar refractivity (Wildman–Crippen MR) is 144 cm³/mol. The molecule has 0 aliphatic heterocycles. The molecule has 6 heteroatoms. The number of nitrogens with zero attached hydrogens (tertiary/aromatic N) is 4. The highest BCUT2D eigenvalue weighted by molar-refractivity contribution is 6.29. The average Bonchev–Trinajstić information content (AvgIpc) is 3.45. The van der Waals surface area contributed by atoms with Crippen molar-refractivity contribution in [2.45, 2.75) is 0 Å². The van der Waals surface area contributed by atoms with E-state index in [0.717, 1.165) is 32.6 Å². The number of nitriles is 2. The van der Waals surface area contributed by atoms with Gasteiger partial charge in [0.2, 0.25) is 0 Å². The van der Waals surface area contributed by atoms with E-state index < -0.39 is 11.6 Å². The number of halogens is 2. The zero-order valence-electron chi connectivity index (χ0n) is 19.8. The fourth-order valence-electron chi connectivity index (χ4n) is 5.67. The molecule has 7 rings (SSSR count). The Kier molecular flexibility index (Phi) is 4.60. The van der Waals surface area contributed by atoms with E-state index in [0.29, 0.717) is 27.8 Å². The lowest BCUT2D eigenvalue weighted by Crippen LogP contribution is -2.02. The summed E-state index contributed by atoms with van der Waals surface area (Å²) in [6, 6.07) is 32.5. The number of rotatable bonds is 2. The van der Waals surface area contributed by atoms with Crippen molar-refractivity contribution in [1.29, 1.82) is 10.5 Å². The van der Waals surface area contributed by atoms with Crippen LogP contribution in [0.25, 0.3) is 55.0 Å². The van der Waals surface area contributed by atoms with Gasteiger partial charge in [-0.3, -0.25) is 0 Å². The topological polar surface area (TPSA) is 57.4 Å². The maximum Gasteiger partial charge on any atom is 0.150 e.